The Morgan fingerprint density at radius 3 is 2.75 bits per heavy atom. The van der Waals surface area contributed by atoms with E-state index in [1.807, 2.05) is 28.9 Å². The van der Waals surface area contributed by atoms with Crippen molar-refractivity contribution in [3.63, 3.8) is 0 Å². The second kappa shape index (κ2) is 6.57. The minimum Gasteiger partial charge on any atom is -0.487 e. The minimum absolute atomic E-state index is 0.480. The van der Waals surface area contributed by atoms with Gasteiger partial charge in [-0.2, -0.15) is 5.10 Å². The summed E-state index contributed by atoms with van der Waals surface area (Å²) in [4.78, 5) is 0. The van der Waals surface area contributed by atoms with E-state index in [1.165, 1.54) is 0 Å². The molecule has 0 amide bonds. The number of hydrogen-bond donors (Lipinski definition) is 1. The van der Waals surface area contributed by atoms with Crippen molar-refractivity contribution in [2.45, 2.75) is 46.4 Å². The van der Waals surface area contributed by atoms with Crippen molar-refractivity contribution < 1.29 is 9.84 Å². The Morgan fingerprint density at radius 2 is 2.10 bits per heavy atom. The van der Waals surface area contributed by atoms with Crippen molar-refractivity contribution in [1.29, 1.82) is 0 Å². The number of aliphatic hydroxyl groups is 1. The van der Waals surface area contributed by atoms with Crippen LogP contribution in [0.25, 0.3) is 0 Å². The van der Waals surface area contributed by atoms with Crippen LogP contribution in [0.4, 0.5) is 0 Å². The van der Waals surface area contributed by atoms with Gasteiger partial charge in [-0.05, 0) is 44.0 Å². The van der Waals surface area contributed by atoms with Gasteiger partial charge in [0.2, 0.25) is 0 Å². The maximum atomic E-state index is 9.58. The Balaban J connectivity index is 2.08. The van der Waals surface area contributed by atoms with E-state index in [-0.39, 0.29) is 0 Å². The van der Waals surface area contributed by atoms with Crippen LogP contribution < -0.4 is 4.74 Å². The van der Waals surface area contributed by atoms with Crippen molar-refractivity contribution >= 4 is 0 Å². The minimum atomic E-state index is -0.480. The van der Waals surface area contributed by atoms with E-state index in [1.54, 1.807) is 6.92 Å². The number of hydrogen-bond acceptors (Lipinski definition) is 3. The van der Waals surface area contributed by atoms with Crippen LogP contribution in [0.15, 0.2) is 30.3 Å². The third-order valence-corrected chi connectivity index (χ3v) is 3.30. The molecule has 0 fully saturated rings. The number of benzene rings is 1. The number of nitrogens with zero attached hydrogens (tertiary/aromatic N) is 2. The molecule has 2 aromatic rings. The van der Waals surface area contributed by atoms with Crippen molar-refractivity contribution in [2.24, 2.45) is 0 Å². The normalized spacial score (nSPS) is 12.4. The highest BCUT2D eigenvalue weighted by Gasteiger charge is 2.07. The summed E-state index contributed by atoms with van der Waals surface area (Å²) in [7, 11) is 0. The third-order valence-electron chi connectivity index (χ3n) is 3.30. The van der Waals surface area contributed by atoms with Crippen LogP contribution in [0.5, 0.6) is 5.75 Å². The molecule has 0 saturated carbocycles. The Kier molecular flexibility index (Phi) is 4.79. The summed E-state index contributed by atoms with van der Waals surface area (Å²) in [5.74, 6) is 0.769. The highest BCUT2D eigenvalue weighted by atomic mass is 16.5. The first kappa shape index (κ1) is 14.6. The zero-order chi connectivity index (χ0) is 14.5. The van der Waals surface area contributed by atoms with Gasteiger partial charge in [0.25, 0.3) is 0 Å². The second-order valence-corrected chi connectivity index (χ2v) is 4.83. The zero-order valence-corrected chi connectivity index (χ0v) is 12.3. The smallest absolute Gasteiger partial charge is 0.130 e. The quantitative estimate of drug-likeness (QED) is 0.880. The molecule has 1 aromatic heterocycles. The average molecular weight is 274 g/mol. The van der Waals surface area contributed by atoms with E-state index >= 15 is 0 Å². The monoisotopic (exact) mass is 274 g/mol. The lowest BCUT2D eigenvalue weighted by atomic mass is 10.1. The molecular weight excluding hydrogens is 252 g/mol. The summed E-state index contributed by atoms with van der Waals surface area (Å²) in [5.41, 5.74) is 3.02. The van der Waals surface area contributed by atoms with E-state index in [0.717, 1.165) is 35.7 Å². The van der Waals surface area contributed by atoms with Gasteiger partial charge in [0.15, 0.2) is 0 Å². The SMILES string of the molecule is CCc1cc(COc2cccc([C@H](C)O)c2)n(CC)n1. The number of aliphatic hydroxyl groups excluding tert-OH is 1. The first-order valence-corrected chi connectivity index (χ1v) is 7.10. The number of aryl methyl sites for hydroxylation is 2. The van der Waals surface area contributed by atoms with Crippen LogP contribution in [0.3, 0.4) is 0 Å². The molecule has 1 heterocycles. The van der Waals surface area contributed by atoms with E-state index in [0.29, 0.717) is 6.61 Å². The Bertz CT molecular complexity index is 561. The summed E-state index contributed by atoms with van der Waals surface area (Å²) < 4.78 is 7.78. The molecule has 1 atom stereocenters. The lowest BCUT2D eigenvalue weighted by molar-refractivity contribution is 0.198. The van der Waals surface area contributed by atoms with Crippen molar-refractivity contribution in [3.8, 4) is 5.75 Å². The van der Waals surface area contributed by atoms with Gasteiger partial charge in [-0.3, -0.25) is 4.68 Å². The van der Waals surface area contributed by atoms with Gasteiger partial charge < -0.3 is 9.84 Å². The number of rotatable bonds is 6. The van der Waals surface area contributed by atoms with Gasteiger partial charge in [-0.25, -0.2) is 0 Å². The Hall–Kier alpha value is -1.81. The molecule has 0 saturated heterocycles. The molecule has 0 aliphatic rings. The molecule has 0 bridgehead atoms. The van der Waals surface area contributed by atoms with Crippen LogP contribution in [0.2, 0.25) is 0 Å². The van der Waals surface area contributed by atoms with Gasteiger partial charge in [-0.1, -0.05) is 19.1 Å². The average Bonchev–Trinajstić information content (AvgIpc) is 2.88. The number of aromatic nitrogens is 2. The zero-order valence-electron chi connectivity index (χ0n) is 12.3. The van der Waals surface area contributed by atoms with Crippen LogP contribution in [0, 0.1) is 0 Å². The Morgan fingerprint density at radius 1 is 1.30 bits per heavy atom. The fourth-order valence-electron chi connectivity index (χ4n) is 2.10. The molecule has 0 aliphatic heterocycles. The highest BCUT2D eigenvalue weighted by Crippen LogP contribution is 2.20. The second-order valence-electron chi connectivity index (χ2n) is 4.83. The maximum Gasteiger partial charge on any atom is 0.130 e. The summed E-state index contributed by atoms with van der Waals surface area (Å²) >= 11 is 0. The molecule has 0 unspecified atom stereocenters. The van der Waals surface area contributed by atoms with Gasteiger partial charge in [-0.15, -0.1) is 0 Å². The first-order valence-electron chi connectivity index (χ1n) is 7.10. The molecule has 4 nitrogen and oxygen atoms in total. The molecule has 1 N–H and O–H groups in total. The molecular formula is C16H22N2O2. The third kappa shape index (κ3) is 3.39. The lowest BCUT2D eigenvalue weighted by Crippen LogP contribution is -2.06. The largest absolute Gasteiger partial charge is 0.487 e. The Labute approximate surface area is 120 Å². The maximum absolute atomic E-state index is 9.58. The molecule has 108 valence electrons. The van der Waals surface area contributed by atoms with E-state index in [2.05, 4.69) is 25.0 Å². The molecule has 0 spiro atoms. The highest BCUT2D eigenvalue weighted by molar-refractivity contribution is 5.29. The molecule has 1 aromatic carbocycles. The van der Waals surface area contributed by atoms with Gasteiger partial charge in [0.1, 0.15) is 12.4 Å². The summed E-state index contributed by atoms with van der Waals surface area (Å²) in [6.45, 7) is 7.25. The van der Waals surface area contributed by atoms with E-state index < -0.39 is 6.10 Å². The first-order chi connectivity index (χ1) is 9.63. The van der Waals surface area contributed by atoms with E-state index in [4.69, 9.17) is 4.74 Å². The van der Waals surface area contributed by atoms with Crippen molar-refractivity contribution in [1.82, 2.24) is 9.78 Å². The molecule has 0 aliphatic carbocycles. The fourth-order valence-corrected chi connectivity index (χ4v) is 2.10. The molecule has 2 rings (SSSR count). The number of ether oxygens (including phenoxy) is 1. The van der Waals surface area contributed by atoms with Crippen LogP contribution >= 0.6 is 0 Å². The van der Waals surface area contributed by atoms with Gasteiger partial charge >= 0.3 is 0 Å². The van der Waals surface area contributed by atoms with Gasteiger partial charge in [0.05, 0.1) is 17.5 Å². The van der Waals surface area contributed by atoms with E-state index in [9.17, 15) is 5.11 Å². The topological polar surface area (TPSA) is 47.3 Å². The lowest BCUT2D eigenvalue weighted by Gasteiger charge is -2.10. The summed E-state index contributed by atoms with van der Waals surface area (Å²) in [6, 6.07) is 9.65. The fraction of sp³-hybridized carbons (Fsp3) is 0.438. The molecule has 20 heavy (non-hydrogen) atoms. The van der Waals surface area contributed by atoms with Gasteiger partial charge in [0, 0.05) is 6.54 Å². The predicted molar refractivity (Wildman–Crippen MR) is 78.7 cm³/mol. The standard InChI is InChI=1S/C16H22N2O2/c1-4-14-10-15(18(5-2)17-14)11-20-16-8-6-7-13(9-16)12(3)19/h6-10,12,19H,4-5,11H2,1-3H3/t12-/m0/s1. The van der Waals surface area contributed by atoms with Crippen LogP contribution in [0.1, 0.15) is 43.8 Å². The molecule has 0 radical (unpaired) electrons. The molecule has 4 heteroatoms. The van der Waals surface area contributed by atoms with Crippen LogP contribution in [-0.4, -0.2) is 14.9 Å². The van der Waals surface area contributed by atoms with Crippen molar-refractivity contribution in [3.05, 3.63) is 47.3 Å². The van der Waals surface area contributed by atoms with Crippen LogP contribution in [-0.2, 0) is 19.6 Å². The van der Waals surface area contributed by atoms with Crippen molar-refractivity contribution in [2.75, 3.05) is 0 Å². The summed E-state index contributed by atoms with van der Waals surface area (Å²) in [6.07, 6.45) is 0.448. The predicted octanol–water partition coefficient (Wildman–Crippen LogP) is 3.10. The summed E-state index contributed by atoms with van der Waals surface area (Å²) in [5, 5.41) is 14.1.